The highest BCUT2D eigenvalue weighted by Crippen LogP contribution is 2.36. The maximum Gasteiger partial charge on any atom is 0.417 e. The first-order valence-corrected chi connectivity index (χ1v) is 7.75. The van der Waals surface area contributed by atoms with E-state index in [4.69, 9.17) is 23.2 Å². The van der Waals surface area contributed by atoms with Crippen molar-refractivity contribution >= 4 is 45.7 Å². The summed E-state index contributed by atoms with van der Waals surface area (Å²) in [6, 6.07) is 9.62. The van der Waals surface area contributed by atoms with Gasteiger partial charge >= 0.3 is 6.18 Å². The predicted molar refractivity (Wildman–Crippen MR) is 91.2 cm³/mol. The maximum atomic E-state index is 12.9. The van der Waals surface area contributed by atoms with Gasteiger partial charge in [0.25, 0.3) is 5.91 Å². The Bertz CT molecular complexity index is 974. The quantitative estimate of drug-likeness (QED) is 0.605. The number of pyridine rings is 1. The van der Waals surface area contributed by atoms with E-state index < -0.39 is 22.7 Å². The molecule has 0 spiro atoms. The number of aromatic nitrogens is 1. The fraction of sp³-hybridized carbons (Fsp3) is 0.0588. The Labute approximate surface area is 150 Å². The molecular weight excluding hydrogens is 376 g/mol. The number of carbonyl (C=O) groups excluding carboxylic acids is 1. The van der Waals surface area contributed by atoms with Crippen LogP contribution in [-0.4, -0.2) is 10.9 Å². The SMILES string of the molecule is O=C(Nc1ccc(Cl)c2ncccc12)c1cccc(C(F)(F)F)c1Cl. The molecule has 0 saturated heterocycles. The van der Waals surface area contributed by atoms with Crippen molar-refractivity contribution in [1.29, 1.82) is 0 Å². The van der Waals surface area contributed by atoms with Crippen molar-refractivity contribution in [2.45, 2.75) is 6.18 Å². The largest absolute Gasteiger partial charge is 0.417 e. The lowest BCUT2D eigenvalue weighted by Gasteiger charge is -2.13. The van der Waals surface area contributed by atoms with Gasteiger partial charge in [-0.3, -0.25) is 9.78 Å². The average Bonchev–Trinajstić information content (AvgIpc) is 2.56. The van der Waals surface area contributed by atoms with E-state index in [1.807, 2.05) is 0 Å². The summed E-state index contributed by atoms with van der Waals surface area (Å²) in [6.07, 6.45) is -3.10. The Balaban J connectivity index is 2.01. The highest BCUT2D eigenvalue weighted by atomic mass is 35.5. The van der Waals surface area contributed by atoms with Gasteiger partial charge in [0.2, 0.25) is 0 Å². The topological polar surface area (TPSA) is 42.0 Å². The van der Waals surface area contributed by atoms with Crippen LogP contribution in [0.25, 0.3) is 10.9 Å². The standard InChI is InChI=1S/C17H9Cl2F3N2O/c18-12-6-7-13(9-4-2-8-23-15(9)12)24-16(25)10-3-1-5-11(14(10)19)17(20,21)22/h1-8H,(H,24,25). The van der Waals surface area contributed by atoms with Gasteiger partial charge in [-0.05, 0) is 36.4 Å². The van der Waals surface area contributed by atoms with E-state index in [2.05, 4.69) is 10.3 Å². The van der Waals surface area contributed by atoms with Crippen LogP contribution < -0.4 is 5.32 Å². The summed E-state index contributed by atoms with van der Waals surface area (Å²) in [6.45, 7) is 0. The summed E-state index contributed by atoms with van der Waals surface area (Å²) in [4.78, 5) is 16.6. The number of amides is 1. The summed E-state index contributed by atoms with van der Waals surface area (Å²) in [7, 11) is 0. The molecule has 0 fully saturated rings. The first-order valence-electron chi connectivity index (χ1n) is 6.99. The second-order valence-corrected chi connectivity index (χ2v) is 5.90. The van der Waals surface area contributed by atoms with Gasteiger partial charge in [-0.25, -0.2) is 0 Å². The first-order chi connectivity index (χ1) is 11.8. The van der Waals surface area contributed by atoms with E-state index in [1.54, 1.807) is 30.5 Å². The summed E-state index contributed by atoms with van der Waals surface area (Å²) in [5.41, 5.74) is -0.504. The van der Waals surface area contributed by atoms with Crippen LogP contribution in [0.15, 0.2) is 48.7 Å². The number of fused-ring (bicyclic) bond motifs is 1. The molecule has 0 bridgehead atoms. The van der Waals surface area contributed by atoms with E-state index in [0.717, 1.165) is 12.1 Å². The van der Waals surface area contributed by atoms with E-state index in [-0.39, 0.29) is 5.56 Å². The van der Waals surface area contributed by atoms with Gasteiger partial charge < -0.3 is 5.32 Å². The predicted octanol–water partition coefficient (Wildman–Crippen LogP) is 5.81. The van der Waals surface area contributed by atoms with Crippen LogP contribution in [0.5, 0.6) is 0 Å². The Morgan fingerprint density at radius 1 is 1.04 bits per heavy atom. The van der Waals surface area contributed by atoms with Crippen molar-refractivity contribution in [3.05, 3.63) is 69.8 Å². The lowest BCUT2D eigenvalue weighted by Crippen LogP contribution is -2.15. The molecule has 1 amide bonds. The van der Waals surface area contributed by atoms with Crippen LogP contribution in [0.2, 0.25) is 10.0 Å². The number of carbonyl (C=O) groups is 1. The van der Waals surface area contributed by atoms with E-state index in [9.17, 15) is 18.0 Å². The van der Waals surface area contributed by atoms with E-state index >= 15 is 0 Å². The number of rotatable bonds is 2. The number of anilines is 1. The minimum absolute atomic E-state index is 0.275. The van der Waals surface area contributed by atoms with Crippen LogP contribution >= 0.6 is 23.2 Å². The number of nitrogens with zero attached hydrogens (tertiary/aromatic N) is 1. The molecule has 3 aromatic rings. The third-order valence-electron chi connectivity index (χ3n) is 3.52. The highest BCUT2D eigenvalue weighted by molar-refractivity contribution is 6.36. The molecule has 2 aromatic carbocycles. The van der Waals surface area contributed by atoms with Gasteiger partial charge in [-0.15, -0.1) is 0 Å². The number of hydrogen-bond acceptors (Lipinski definition) is 2. The molecule has 3 rings (SSSR count). The van der Waals surface area contributed by atoms with Gasteiger partial charge in [0.1, 0.15) is 0 Å². The molecular formula is C17H9Cl2F3N2O. The minimum Gasteiger partial charge on any atom is -0.321 e. The normalized spacial score (nSPS) is 11.6. The fourth-order valence-electron chi connectivity index (χ4n) is 2.36. The number of nitrogens with one attached hydrogen (secondary N) is 1. The minimum atomic E-state index is -4.65. The van der Waals surface area contributed by atoms with Gasteiger partial charge in [0.15, 0.2) is 0 Å². The lowest BCUT2D eigenvalue weighted by molar-refractivity contribution is -0.137. The maximum absolute atomic E-state index is 12.9. The molecule has 0 radical (unpaired) electrons. The molecule has 25 heavy (non-hydrogen) atoms. The average molecular weight is 385 g/mol. The molecule has 0 aliphatic heterocycles. The zero-order chi connectivity index (χ0) is 18.2. The number of benzene rings is 2. The third kappa shape index (κ3) is 3.41. The van der Waals surface area contributed by atoms with Gasteiger partial charge in [-0.2, -0.15) is 13.2 Å². The second kappa shape index (κ2) is 6.54. The molecule has 1 heterocycles. The first kappa shape index (κ1) is 17.5. The van der Waals surface area contributed by atoms with Crippen LogP contribution in [0.4, 0.5) is 18.9 Å². The van der Waals surface area contributed by atoms with Crippen LogP contribution in [0.1, 0.15) is 15.9 Å². The molecule has 3 nitrogen and oxygen atoms in total. The van der Waals surface area contributed by atoms with Crippen LogP contribution in [-0.2, 0) is 6.18 Å². The molecule has 0 unspecified atom stereocenters. The number of halogens is 5. The zero-order valence-electron chi connectivity index (χ0n) is 12.4. The Morgan fingerprint density at radius 3 is 2.52 bits per heavy atom. The van der Waals surface area contributed by atoms with Crippen molar-refractivity contribution < 1.29 is 18.0 Å². The molecule has 1 N–H and O–H groups in total. The van der Waals surface area contributed by atoms with Crippen LogP contribution in [0.3, 0.4) is 0 Å². The fourth-order valence-corrected chi connectivity index (χ4v) is 2.90. The third-order valence-corrected chi connectivity index (χ3v) is 4.23. The van der Waals surface area contributed by atoms with Crippen molar-refractivity contribution in [2.75, 3.05) is 5.32 Å². The molecule has 0 aliphatic rings. The summed E-state index contributed by atoms with van der Waals surface area (Å²) in [5, 5.41) is 2.87. The molecule has 128 valence electrons. The number of hydrogen-bond donors (Lipinski definition) is 1. The zero-order valence-corrected chi connectivity index (χ0v) is 13.9. The summed E-state index contributed by atoms with van der Waals surface area (Å²) in [5.74, 6) is -0.761. The van der Waals surface area contributed by atoms with Crippen molar-refractivity contribution in [2.24, 2.45) is 0 Å². The Hall–Kier alpha value is -2.31. The van der Waals surface area contributed by atoms with Crippen molar-refractivity contribution in [3.63, 3.8) is 0 Å². The second-order valence-electron chi connectivity index (χ2n) is 5.11. The molecule has 0 saturated carbocycles. The molecule has 0 atom stereocenters. The Kier molecular flexibility index (Phi) is 4.58. The lowest BCUT2D eigenvalue weighted by atomic mass is 10.1. The summed E-state index contributed by atoms with van der Waals surface area (Å²) >= 11 is 11.8. The monoisotopic (exact) mass is 384 g/mol. The van der Waals surface area contributed by atoms with Gasteiger partial charge in [-0.1, -0.05) is 29.3 Å². The highest BCUT2D eigenvalue weighted by Gasteiger charge is 2.34. The smallest absolute Gasteiger partial charge is 0.321 e. The summed E-state index contributed by atoms with van der Waals surface area (Å²) < 4.78 is 38.8. The Morgan fingerprint density at radius 2 is 1.80 bits per heavy atom. The molecule has 1 aromatic heterocycles. The molecule has 8 heteroatoms. The van der Waals surface area contributed by atoms with Crippen LogP contribution in [0, 0.1) is 0 Å². The van der Waals surface area contributed by atoms with Gasteiger partial charge in [0, 0.05) is 11.6 Å². The molecule has 0 aliphatic carbocycles. The van der Waals surface area contributed by atoms with E-state index in [1.165, 1.54) is 6.07 Å². The van der Waals surface area contributed by atoms with Crippen molar-refractivity contribution in [3.8, 4) is 0 Å². The van der Waals surface area contributed by atoms with E-state index in [0.29, 0.717) is 21.6 Å². The van der Waals surface area contributed by atoms with Crippen molar-refractivity contribution in [1.82, 2.24) is 4.98 Å². The van der Waals surface area contributed by atoms with Gasteiger partial charge in [0.05, 0.1) is 32.4 Å². The number of alkyl halides is 3.